The zero-order chi connectivity index (χ0) is 25.9. The van der Waals surface area contributed by atoms with Crippen molar-refractivity contribution in [2.75, 3.05) is 7.05 Å². The molecule has 1 aromatic heterocycles. The lowest BCUT2D eigenvalue weighted by Gasteiger charge is -2.40. The van der Waals surface area contributed by atoms with Crippen molar-refractivity contribution in [3.05, 3.63) is 35.5 Å². The zero-order valence-electron chi connectivity index (χ0n) is 21.8. The van der Waals surface area contributed by atoms with E-state index in [0.717, 1.165) is 49.7 Å². The number of hydrogen-bond donors (Lipinski definition) is 1. The Kier molecular flexibility index (Phi) is 7.91. The van der Waals surface area contributed by atoms with Crippen LogP contribution in [0.2, 0.25) is 0 Å². The predicted octanol–water partition coefficient (Wildman–Crippen LogP) is 6.21. The lowest BCUT2D eigenvalue weighted by Crippen LogP contribution is -2.43. The van der Waals surface area contributed by atoms with E-state index in [0.29, 0.717) is 30.0 Å². The van der Waals surface area contributed by atoms with Gasteiger partial charge in [-0.15, -0.1) is 0 Å². The van der Waals surface area contributed by atoms with E-state index in [9.17, 15) is 14.7 Å². The van der Waals surface area contributed by atoms with Gasteiger partial charge < -0.3 is 24.0 Å². The van der Waals surface area contributed by atoms with Gasteiger partial charge in [-0.25, -0.2) is 4.79 Å². The third kappa shape index (κ3) is 5.37. The van der Waals surface area contributed by atoms with Gasteiger partial charge in [-0.2, -0.15) is 0 Å². The first-order valence-corrected chi connectivity index (χ1v) is 13.1. The first-order chi connectivity index (χ1) is 17.2. The normalized spacial score (nSPS) is 22.5. The van der Waals surface area contributed by atoms with Crippen molar-refractivity contribution >= 4 is 12.1 Å². The lowest BCUT2D eigenvalue weighted by molar-refractivity contribution is -0.157. The van der Waals surface area contributed by atoms with Crippen LogP contribution in [0.25, 0.3) is 11.3 Å². The van der Waals surface area contributed by atoms with E-state index in [1.54, 1.807) is 11.9 Å². The molecule has 8 heteroatoms. The summed E-state index contributed by atoms with van der Waals surface area (Å²) in [6, 6.07) is 7.76. The van der Waals surface area contributed by atoms with Crippen molar-refractivity contribution in [3.8, 4) is 17.1 Å². The molecule has 196 valence electrons. The Bertz CT molecular complexity index is 1060. The molecule has 2 aromatic rings. The Hall–Kier alpha value is -3.03. The highest BCUT2D eigenvalue weighted by atomic mass is 16.6. The van der Waals surface area contributed by atoms with Crippen LogP contribution in [0.3, 0.4) is 0 Å². The van der Waals surface area contributed by atoms with E-state index >= 15 is 0 Å². The van der Waals surface area contributed by atoms with Crippen LogP contribution in [0.1, 0.15) is 76.5 Å². The Morgan fingerprint density at radius 1 is 1.17 bits per heavy atom. The van der Waals surface area contributed by atoms with E-state index in [4.69, 9.17) is 14.0 Å². The number of amides is 1. The molecule has 2 fully saturated rings. The van der Waals surface area contributed by atoms with Gasteiger partial charge in [0, 0.05) is 25.1 Å². The number of carboxylic acid groups (broad SMARTS) is 1. The van der Waals surface area contributed by atoms with Crippen LogP contribution in [0.15, 0.2) is 28.8 Å². The van der Waals surface area contributed by atoms with Gasteiger partial charge in [-0.1, -0.05) is 31.8 Å². The van der Waals surface area contributed by atoms with Crippen LogP contribution in [-0.4, -0.2) is 46.4 Å². The molecule has 2 saturated carbocycles. The second-order valence-corrected chi connectivity index (χ2v) is 10.7. The molecular formula is C28H38N2O6. The van der Waals surface area contributed by atoms with E-state index in [1.807, 2.05) is 45.0 Å². The van der Waals surface area contributed by atoms with Crippen molar-refractivity contribution in [1.29, 1.82) is 0 Å². The Morgan fingerprint density at radius 3 is 2.50 bits per heavy atom. The molecule has 0 bridgehead atoms. The Balaban J connectivity index is 1.40. The van der Waals surface area contributed by atoms with Gasteiger partial charge in [0.25, 0.3) is 0 Å². The Morgan fingerprint density at radius 2 is 1.86 bits per heavy atom. The summed E-state index contributed by atoms with van der Waals surface area (Å²) in [5.74, 6) is 0.572. The summed E-state index contributed by atoms with van der Waals surface area (Å²) in [6.07, 6.45) is 6.75. The smallest absolute Gasteiger partial charge is 0.410 e. The molecule has 0 saturated heterocycles. The van der Waals surface area contributed by atoms with Crippen molar-refractivity contribution < 1.29 is 28.7 Å². The zero-order valence-corrected chi connectivity index (χ0v) is 21.8. The van der Waals surface area contributed by atoms with E-state index in [2.05, 4.69) is 5.16 Å². The van der Waals surface area contributed by atoms with Crippen LogP contribution in [0.5, 0.6) is 5.75 Å². The number of carbonyl (C=O) groups excluding carboxylic acids is 1. The van der Waals surface area contributed by atoms with Gasteiger partial charge in [0.2, 0.25) is 0 Å². The molecule has 1 aromatic carbocycles. The number of carbonyl (C=O) groups is 2. The molecule has 0 radical (unpaired) electrons. The largest absolute Gasteiger partial charge is 0.490 e. The fourth-order valence-corrected chi connectivity index (χ4v) is 5.66. The number of aromatic nitrogens is 1. The second kappa shape index (κ2) is 10.9. The third-order valence-electron chi connectivity index (χ3n) is 8.18. The number of carboxylic acids is 1. The molecule has 1 N–H and O–H groups in total. The first kappa shape index (κ1) is 26.0. The minimum absolute atomic E-state index is 0.0453. The number of aryl methyl sites for hydroxylation is 1. The summed E-state index contributed by atoms with van der Waals surface area (Å²) in [4.78, 5) is 26.3. The van der Waals surface area contributed by atoms with Crippen molar-refractivity contribution in [2.45, 2.75) is 90.9 Å². The van der Waals surface area contributed by atoms with Gasteiger partial charge >= 0.3 is 12.1 Å². The molecule has 0 spiro atoms. The quantitative estimate of drug-likeness (QED) is 0.462. The van der Waals surface area contributed by atoms with Gasteiger partial charge in [0.15, 0.2) is 5.76 Å². The summed E-state index contributed by atoms with van der Waals surface area (Å²) >= 11 is 0. The van der Waals surface area contributed by atoms with Crippen LogP contribution in [0, 0.1) is 18.3 Å². The minimum atomic E-state index is -0.738. The summed E-state index contributed by atoms with van der Waals surface area (Å²) in [6.45, 7) is 5.88. The average molecular weight is 499 g/mol. The summed E-state index contributed by atoms with van der Waals surface area (Å²) < 4.78 is 17.4. The molecule has 36 heavy (non-hydrogen) atoms. The number of aliphatic carboxylic acids is 1. The van der Waals surface area contributed by atoms with Gasteiger partial charge in [0.05, 0.1) is 22.8 Å². The molecule has 2 atom stereocenters. The predicted molar refractivity (Wildman–Crippen MR) is 135 cm³/mol. The maximum absolute atomic E-state index is 12.5. The monoisotopic (exact) mass is 498 g/mol. The minimum Gasteiger partial charge on any atom is -0.490 e. The molecule has 2 aliphatic carbocycles. The topological polar surface area (TPSA) is 102 Å². The van der Waals surface area contributed by atoms with Gasteiger partial charge in [-0.05, 0) is 69.2 Å². The van der Waals surface area contributed by atoms with E-state index in [-0.39, 0.29) is 30.8 Å². The summed E-state index contributed by atoms with van der Waals surface area (Å²) in [5, 5.41) is 14.0. The fraction of sp³-hybridized carbons (Fsp3) is 0.607. The molecule has 1 amide bonds. The van der Waals surface area contributed by atoms with Crippen LogP contribution in [0.4, 0.5) is 4.79 Å². The van der Waals surface area contributed by atoms with E-state index in [1.165, 1.54) is 0 Å². The average Bonchev–Trinajstić information content (AvgIpc) is 3.52. The van der Waals surface area contributed by atoms with Crippen molar-refractivity contribution in [3.63, 3.8) is 0 Å². The highest BCUT2D eigenvalue weighted by molar-refractivity contribution is 5.75. The second-order valence-electron chi connectivity index (χ2n) is 10.7. The molecule has 0 aliphatic heterocycles. The van der Waals surface area contributed by atoms with Crippen LogP contribution in [-0.2, 0) is 16.1 Å². The number of rotatable bonds is 8. The highest BCUT2D eigenvalue weighted by Crippen LogP contribution is 2.44. The van der Waals surface area contributed by atoms with Gasteiger partial charge in [-0.3, -0.25) is 4.79 Å². The number of nitrogens with zero attached hydrogens (tertiary/aromatic N) is 2. The molecule has 4 rings (SSSR count). The van der Waals surface area contributed by atoms with Crippen LogP contribution < -0.4 is 4.74 Å². The third-order valence-corrected chi connectivity index (χ3v) is 8.18. The summed E-state index contributed by atoms with van der Waals surface area (Å²) in [7, 11) is 1.80. The van der Waals surface area contributed by atoms with Crippen LogP contribution >= 0.6 is 0 Å². The standard InChI is InChI=1S/C28H38N2O6/c1-18(2)28(26(31)32)15-7-10-23(16-28)35-22-13-11-20(12-14-22)25-24(19(3)29-36-25)17-34-27(33)30(4)21-8-5-6-9-21/h11-14,18,21,23H,5-10,15-17H2,1-4H3,(H,31,32)/t23-,28-/m0/s1. The number of hydrogen-bond acceptors (Lipinski definition) is 6. The summed E-state index contributed by atoms with van der Waals surface area (Å²) in [5.41, 5.74) is 1.50. The number of ether oxygens (including phenoxy) is 2. The number of benzene rings is 1. The molecule has 8 nitrogen and oxygen atoms in total. The van der Waals surface area contributed by atoms with Crippen molar-refractivity contribution in [1.82, 2.24) is 10.1 Å². The highest BCUT2D eigenvalue weighted by Gasteiger charge is 2.46. The lowest BCUT2D eigenvalue weighted by atomic mass is 9.66. The SMILES string of the molecule is Cc1noc(-c2ccc(O[C@H]3CCC[C@@](C(=O)O)(C(C)C)C3)cc2)c1COC(=O)N(C)C1CCCC1. The first-order valence-electron chi connectivity index (χ1n) is 13.1. The molecule has 1 heterocycles. The maximum atomic E-state index is 12.5. The van der Waals surface area contributed by atoms with Crippen molar-refractivity contribution in [2.24, 2.45) is 11.3 Å². The maximum Gasteiger partial charge on any atom is 0.410 e. The van der Waals surface area contributed by atoms with Gasteiger partial charge in [0.1, 0.15) is 12.4 Å². The van der Waals surface area contributed by atoms with E-state index < -0.39 is 11.4 Å². The Labute approximate surface area is 212 Å². The molecule has 2 aliphatic rings. The molecule has 0 unspecified atom stereocenters. The fourth-order valence-electron chi connectivity index (χ4n) is 5.66. The molecular weight excluding hydrogens is 460 g/mol.